The standard InChI is InChI=1S/C33H32N2O4S/c36-20-9-21-38-28-18-16-26(17-19-28)31-35-33(24-39-31,22-25-10-3-1-4-11-25)32(37)34-23-27-12-7-8-15-30(27)40-29-13-5-2-6-14-29/h1-8,10-19,36H,9,20-24H2,(H,34,37)/t33-/m1/s1. The van der Waals surface area contributed by atoms with E-state index < -0.39 is 5.54 Å². The number of benzene rings is 4. The number of aliphatic imine (C=N–C) groups is 1. The Labute approximate surface area is 239 Å². The van der Waals surface area contributed by atoms with E-state index in [1.54, 1.807) is 11.8 Å². The van der Waals surface area contributed by atoms with Gasteiger partial charge in [0.25, 0.3) is 5.91 Å². The summed E-state index contributed by atoms with van der Waals surface area (Å²) in [4.78, 5) is 21.0. The molecule has 0 radical (unpaired) electrons. The third-order valence-corrected chi connectivity index (χ3v) is 7.71. The molecule has 1 amide bonds. The maximum Gasteiger partial charge on any atom is 0.252 e. The lowest BCUT2D eigenvalue weighted by Gasteiger charge is -2.23. The zero-order valence-electron chi connectivity index (χ0n) is 22.2. The highest BCUT2D eigenvalue weighted by atomic mass is 32.2. The summed E-state index contributed by atoms with van der Waals surface area (Å²) >= 11 is 1.68. The van der Waals surface area contributed by atoms with Crippen LogP contribution in [0.2, 0.25) is 0 Å². The molecule has 0 spiro atoms. The van der Waals surface area contributed by atoms with E-state index in [1.807, 2.05) is 91.0 Å². The number of amides is 1. The van der Waals surface area contributed by atoms with Gasteiger partial charge in [-0.3, -0.25) is 4.79 Å². The van der Waals surface area contributed by atoms with Crippen LogP contribution in [0.1, 0.15) is 23.1 Å². The molecular formula is C33H32N2O4S. The van der Waals surface area contributed by atoms with Crippen molar-refractivity contribution >= 4 is 23.6 Å². The Morgan fingerprint density at radius 3 is 2.38 bits per heavy atom. The van der Waals surface area contributed by atoms with Gasteiger partial charge in [0.2, 0.25) is 5.90 Å². The Kier molecular flexibility index (Phi) is 9.16. The van der Waals surface area contributed by atoms with E-state index in [4.69, 9.17) is 19.6 Å². The summed E-state index contributed by atoms with van der Waals surface area (Å²) < 4.78 is 11.7. The van der Waals surface area contributed by atoms with Gasteiger partial charge in [0.1, 0.15) is 12.4 Å². The topological polar surface area (TPSA) is 80.2 Å². The Hall–Kier alpha value is -4.07. The van der Waals surface area contributed by atoms with E-state index in [0.29, 0.717) is 37.6 Å². The molecule has 4 aromatic rings. The maximum atomic E-state index is 13.8. The maximum absolute atomic E-state index is 13.8. The Morgan fingerprint density at radius 2 is 1.62 bits per heavy atom. The number of aliphatic hydroxyl groups excluding tert-OH is 1. The fourth-order valence-corrected chi connectivity index (χ4v) is 5.43. The summed E-state index contributed by atoms with van der Waals surface area (Å²) in [6, 6.07) is 35.7. The van der Waals surface area contributed by atoms with Crippen LogP contribution in [0.25, 0.3) is 0 Å². The molecule has 6 nitrogen and oxygen atoms in total. The molecule has 1 aliphatic heterocycles. The van der Waals surface area contributed by atoms with E-state index in [-0.39, 0.29) is 19.1 Å². The summed E-state index contributed by atoms with van der Waals surface area (Å²) in [6.07, 6.45) is 0.996. The smallest absolute Gasteiger partial charge is 0.252 e. The lowest BCUT2D eigenvalue weighted by molar-refractivity contribution is -0.126. The van der Waals surface area contributed by atoms with Crippen LogP contribution in [0.5, 0.6) is 5.75 Å². The average molecular weight is 553 g/mol. The van der Waals surface area contributed by atoms with Crippen molar-refractivity contribution in [3.8, 4) is 5.75 Å². The van der Waals surface area contributed by atoms with Crippen molar-refractivity contribution in [1.29, 1.82) is 0 Å². The van der Waals surface area contributed by atoms with Crippen LogP contribution in [-0.4, -0.2) is 42.3 Å². The lowest BCUT2D eigenvalue weighted by atomic mass is 9.91. The molecule has 0 unspecified atom stereocenters. The minimum Gasteiger partial charge on any atom is -0.494 e. The van der Waals surface area contributed by atoms with Crippen molar-refractivity contribution in [2.24, 2.45) is 4.99 Å². The third kappa shape index (κ3) is 6.92. The first-order chi connectivity index (χ1) is 19.6. The first kappa shape index (κ1) is 27.5. The number of hydrogen-bond donors (Lipinski definition) is 2. The zero-order valence-corrected chi connectivity index (χ0v) is 23.0. The first-order valence-corrected chi connectivity index (χ1v) is 14.2. The molecule has 4 aromatic carbocycles. The minimum atomic E-state index is -1.09. The Morgan fingerprint density at radius 1 is 0.925 bits per heavy atom. The van der Waals surface area contributed by atoms with E-state index in [9.17, 15) is 4.79 Å². The highest BCUT2D eigenvalue weighted by molar-refractivity contribution is 7.99. The van der Waals surface area contributed by atoms with Gasteiger partial charge in [-0.25, -0.2) is 4.99 Å². The van der Waals surface area contributed by atoms with Crippen molar-refractivity contribution in [2.45, 2.75) is 34.7 Å². The van der Waals surface area contributed by atoms with Gasteiger partial charge in [-0.15, -0.1) is 0 Å². The van der Waals surface area contributed by atoms with E-state index >= 15 is 0 Å². The molecule has 204 valence electrons. The molecule has 1 heterocycles. The molecule has 1 atom stereocenters. The summed E-state index contributed by atoms with van der Waals surface area (Å²) in [6.45, 7) is 1.07. The summed E-state index contributed by atoms with van der Waals surface area (Å²) in [5.41, 5.74) is 1.74. The number of rotatable bonds is 12. The molecular weight excluding hydrogens is 520 g/mol. The highest BCUT2D eigenvalue weighted by Crippen LogP contribution is 2.31. The molecule has 5 rings (SSSR count). The van der Waals surface area contributed by atoms with E-state index in [0.717, 1.165) is 26.5 Å². The number of carbonyl (C=O) groups is 1. The molecule has 40 heavy (non-hydrogen) atoms. The van der Waals surface area contributed by atoms with Crippen molar-refractivity contribution in [1.82, 2.24) is 5.32 Å². The predicted molar refractivity (Wildman–Crippen MR) is 158 cm³/mol. The van der Waals surface area contributed by atoms with Crippen molar-refractivity contribution in [3.63, 3.8) is 0 Å². The second-order valence-corrected chi connectivity index (χ2v) is 10.7. The van der Waals surface area contributed by atoms with Crippen LogP contribution in [0.3, 0.4) is 0 Å². The predicted octanol–water partition coefficient (Wildman–Crippen LogP) is 5.67. The summed E-state index contributed by atoms with van der Waals surface area (Å²) in [5.74, 6) is 0.971. The van der Waals surface area contributed by atoms with Crippen LogP contribution in [-0.2, 0) is 22.5 Å². The summed E-state index contributed by atoms with van der Waals surface area (Å²) in [5, 5.41) is 12.1. The summed E-state index contributed by atoms with van der Waals surface area (Å²) in [7, 11) is 0. The highest BCUT2D eigenvalue weighted by Gasteiger charge is 2.44. The van der Waals surface area contributed by atoms with E-state index in [2.05, 4.69) is 23.5 Å². The largest absolute Gasteiger partial charge is 0.494 e. The number of ether oxygens (including phenoxy) is 2. The second-order valence-electron chi connectivity index (χ2n) is 9.56. The third-order valence-electron chi connectivity index (χ3n) is 6.58. The zero-order chi connectivity index (χ0) is 27.6. The Balaban J connectivity index is 1.35. The lowest BCUT2D eigenvalue weighted by Crippen LogP contribution is -2.48. The van der Waals surface area contributed by atoms with Crippen molar-refractivity contribution in [2.75, 3.05) is 19.8 Å². The Bertz CT molecular complexity index is 1430. The quantitative estimate of drug-likeness (QED) is 0.221. The number of hydrogen-bond acceptors (Lipinski definition) is 6. The normalized spacial score (nSPS) is 16.2. The van der Waals surface area contributed by atoms with Gasteiger partial charge >= 0.3 is 0 Å². The second kappa shape index (κ2) is 13.3. The molecule has 0 saturated heterocycles. The van der Waals surface area contributed by atoms with Crippen molar-refractivity contribution in [3.05, 3.63) is 126 Å². The number of nitrogens with one attached hydrogen (secondary N) is 1. The molecule has 0 saturated carbocycles. The van der Waals surface area contributed by atoms with Gasteiger partial charge in [-0.2, -0.15) is 0 Å². The molecule has 7 heteroatoms. The number of nitrogens with zero attached hydrogens (tertiary/aromatic N) is 1. The number of aliphatic hydroxyl groups is 1. The number of carbonyl (C=O) groups excluding carboxylic acids is 1. The van der Waals surface area contributed by atoms with Gasteiger partial charge in [0, 0.05) is 41.3 Å². The average Bonchev–Trinajstić information content (AvgIpc) is 3.43. The molecule has 1 aliphatic rings. The van der Waals surface area contributed by atoms with Crippen molar-refractivity contribution < 1.29 is 19.4 Å². The monoisotopic (exact) mass is 552 g/mol. The van der Waals surface area contributed by atoms with Crippen LogP contribution in [0, 0.1) is 0 Å². The fourth-order valence-electron chi connectivity index (χ4n) is 4.47. The molecule has 2 N–H and O–H groups in total. The molecule has 0 bridgehead atoms. The minimum absolute atomic E-state index is 0.0890. The van der Waals surface area contributed by atoms with Crippen LogP contribution < -0.4 is 10.1 Å². The molecule has 0 aliphatic carbocycles. The fraction of sp³-hybridized carbons (Fsp3) is 0.212. The van der Waals surface area contributed by atoms with Gasteiger partial charge in [0.05, 0.1) is 6.61 Å². The first-order valence-electron chi connectivity index (χ1n) is 13.3. The van der Waals surface area contributed by atoms with Gasteiger partial charge < -0.3 is 19.9 Å². The van der Waals surface area contributed by atoms with Gasteiger partial charge in [0.15, 0.2) is 5.54 Å². The van der Waals surface area contributed by atoms with Crippen LogP contribution >= 0.6 is 11.8 Å². The van der Waals surface area contributed by atoms with Gasteiger partial charge in [-0.05, 0) is 53.6 Å². The van der Waals surface area contributed by atoms with Crippen LogP contribution in [0.4, 0.5) is 0 Å². The molecule has 0 fully saturated rings. The van der Waals surface area contributed by atoms with Crippen LogP contribution in [0.15, 0.2) is 124 Å². The SMILES string of the molecule is O=C(NCc1ccccc1Sc1ccccc1)[C@@]1(Cc2ccccc2)COC(c2ccc(OCCCO)cc2)=N1. The van der Waals surface area contributed by atoms with Gasteiger partial charge in [-0.1, -0.05) is 78.5 Å². The molecule has 0 aromatic heterocycles. The van der Waals surface area contributed by atoms with E-state index in [1.165, 1.54) is 0 Å².